The maximum atomic E-state index is 13.0. The predicted octanol–water partition coefficient (Wildman–Crippen LogP) is 4.76. The van der Waals surface area contributed by atoms with Crippen LogP contribution in [0.15, 0.2) is 42.0 Å². The summed E-state index contributed by atoms with van der Waals surface area (Å²) in [5.74, 6) is -0.298. The molecule has 1 aromatic carbocycles. The number of hydrogen-bond acceptors (Lipinski definition) is 7. The highest BCUT2D eigenvalue weighted by molar-refractivity contribution is 7.93. The summed E-state index contributed by atoms with van der Waals surface area (Å²) in [7, 11) is -3.36. The lowest BCUT2D eigenvalue weighted by molar-refractivity contribution is -0.120. The molecule has 0 bridgehead atoms. The normalized spacial score (nSPS) is 14.7. The van der Waals surface area contributed by atoms with Crippen LogP contribution >= 0.6 is 11.3 Å². The standard InChI is InChI=1S/C24H28N4O3S2/c1-3-5-18-13-25-14-21(26-18)17-8-6-16(7-9-17)12-23(29)20(4-2)22-15-32-24(27-22)28-33(30,31)19-10-11-19/h6-9,13-15,19-20H,3-5,10-12H2,1-2H3,(H,27,28). The summed E-state index contributed by atoms with van der Waals surface area (Å²) in [6.07, 6.45) is 7.75. The summed E-state index contributed by atoms with van der Waals surface area (Å²) in [5, 5.41) is 1.80. The molecule has 7 nitrogen and oxygen atoms in total. The molecule has 1 N–H and O–H groups in total. The molecular formula is C24H28N4O3S2. The molecule has 1 aliphatic carbocycles. The van der Waals surface area contributed by atoms with E-state index in [1.807, 2.05) is 31.2 Å². The topological polar surface area (TPSA) is 102 Å². The minimum absolute atomic E-state index is 0.0666. The van der Waals surface area contributed by atoms with Crippen LogP contribution in [-0.2, 0) is 27.7 Å². The number of nitrogens with zero attached hydrogens (tertiary/aromatic N) is 3. The van der Waals surface area contributed by atoms with Crippen LogP contribution in [-0.4, -0.2) is 34.4 Å². The van der Waals surface area contributed by atoms with Crippen LogP contribution in [0.4, 0.5) is 5.13 Å². The Morgan fingerprint density at radius 3 is 2.58 bits per heavy atom. The molecule has 2 aromatic heterocycles. The van der Waals surface area contributed by atoms with Gasteiger partial charge >= 0.3 is 0 Å². The summed E-state index contributed by atoms with van der Waals surface area (Å²) in [4.78, 5) is 26.4. The second-order valence-corrected chi connectivity index (χ2v) is 11.2. The van der Waals surface area contributed by atoms with Crippen LogP contribution in [0.3, 0.4) is 0 Å². The number of Topliss-reactive ketones (excluding diaryl/α,β-unsaturated/α-hetero) is 1. The Kier molecular flexibility index (Phi) is 7.19. The van der Waals surface area contributed by atoms with Crippen molar-refractivity contribution in [2.75, 3.05) is 4.72 Å². The van der Waals surface area contributed by atoms with Gasteiger partial charge in [0.2, 0.25) is 10.0 Å². The van der Waals surface area contributed by atoms with Gasteiger partial charge in [-0.25, -0.2) is 18.4 Å². The summed E-state index contributed by atoms with van der Waals surface area (Å²) >= 11 is 1.23. The molecule has 0 aliphatic heterocycles. The molecule has 9 heteroatoms. The monoisotopic (exact) mass is 484 g/mol. The van der Waals surface area contributed by atoms with Gasteiger partial charge in [-0.15, -0.1) is 11.3 Å². The summed E-state index contributed by atoms with van der Waals surface area (Å²) in [6, 6.07) is 7.84. The van der Waals surface area contributed by atoms with Gasteiger partial charge in [0, 0.05) is 23.6 Å². The molecular weight excluding hydrogens is 456 g/mol. The zero-order chi connectivity index (χ0) is 23.4. The van der Waals surface area contributed by atoms with Crippen molar-refractivity contribution in [1.82, 2.24) is 15.0 Å². The lowest BCUT2D eigenvalue weighted by Gasteiger charge is -2.12. The third kappa shape index (κ3) is 5.83. The molecule has 1 aliphatic rings. The fraction of sp³-hybridized carbons (Fsp3) is 0.417. The Balaban J connectivity index is 1.42. The van der Waals surface area contributed by atoms with Crippen LogP contribution in [0, 0.1) is 0 Å². The molecule has 1 saturated carbocycles. The van der Waals surface area contributed by atoms with Crippen LogP contribution < -0.4 is 4.72 Å². The maximum Gasteiger partial charge on any atom is 0.237 e. The molecule has 1 fully saturated rings. The van der Waals surface area contributed by atoms with E-state index in [9.17, 15) is 13.2 Å². The molecule has 4 rings (SSSR count). The Morgan fingerprint density at radius 1 is 1.15 bits per heavy atom. The van der Waals surface area contributed by atoms with E-state index in [1.165, 1.54) is 11.3 Å². The van der Waals surface area contributed by atoms with Gasteiger partial charge in [-0.3, -0.25) is 14.5 Å². The number of ketones is 1. The van der Waals surface area contributed by atoms with Crippen molar-refractivity contribution >= 4 is 32.3 Å². The molecule has 0 spiro atoms. The number of rotatable bonds is 11. The molecule has 1 unspecified atom stereocenters. The van der Waals surface area contributed by atoms with Gasteiger partial charge in [-0.1, -0.05) is 44.5 Å². The first-order valence-electron chi connectivity index (χ1n) is 11.3. The zero-order valence-corrected chi connectivity index (χ0v) is 20.5. The Bertz CT molecular complexity index is 1220. The van der Waals surface area contributed by atoms with Crippen LogP contribution in [0.25, 0.3) is 11.3 Å². The van der Waals surface area contributed by atoms with Gasteiger partial charge in [-0.2, -0.15) is 0 Å². The zero-order valence-electron chi connectivity index (χ0n) is 18.8. The number of aromatic nitrogens is 3. The summed E-state index contributed by atoms with van der Waals surface area (Å²) < 4.78 is 26.9. The highest BCUT2D eigenvalue weighted by Crippen LogP contribution is 2.32. The number of carbonyl (C=O) groups is 1. The highest BCUT2D eigenvalue weighted by Gasteiger charge is 2.36. The molecule has 2 heterocycles. The number of anilines is 1. The van der Waals surface area contributed by atoms with Crippen molar-refractivity contribution in [2.45, 2.75) is 63.5 Å². The average Bonchev–Trinajstić information content (AvgIpc) is 3.57. The van der Waals surface area contributed by atoms with E-state index in [2.05, 4.69) is 26.6 Å². The number of benzene rings is 1. The summed E-state index contributed by atoms with van der Waals surface area (Å²) in [5.41, 5.74) is 4.32. The van der Waals surface area contributed by atoms with Gasteiger partial charge < -0.3 is 0 Å². The minimum atomic E-state index is -3.36. The lowest BCUT2D eigenvalue weighted by atomic mass is 9.93. The van der Waals surface area contributed by atoms with Gasteiger partial charge in [0.1, 0.15) is 5.78 Å². The van der Waals surface area contributed by atoms with Crippen molar-refractivity contribution in [3.63, 3.8) is 0 Å². The molecule has 0 saturated heterocycles. The quantitative estimate of drug-likeness (QED) is 0.421. The first kappa shape index (κ1) is 23.5. The fourth-order valence-corrected chi connectivity index (χ4v) is 6.08. The lowest BCUT2D eigenvalue weighted by Crippen LogP contribution is -2.18. The molecule has 33 heavy (non-hydrogen) atoms. The van der Waals surface area contributed by atoms with E-state index in [0.717, 1.165) is 35.4 Å². The number of hydrogen-bond donors (Lipinski definition) is 1. The molecule has 3 aromatic rings. The average molecular weight is 485 g/mol. The molecule has 0 amide bonds. The van der Waals surface area contributed by atoms with E-state index in [-0.39, 0.29) is 17.0 Å². The van der Waals surface area contributed by atoms with Crippen molar-refractivity contribution in [2.24, 2.45) is 0 Å². The number of aryl methyl sites for hydroxylation is 1. The van der Waals surface area contributed by atoms with Gasteiger partial charge in [0.15, 0.2) is 5.13 Å². The number of thiazole rings is 1. The van der Waals surface area contributed by atoms with Crippen LogP contribution in [0.5, 0.6) is 0 Å². The van der Waals surface area contributed by atoms with E-state index >= 15 is 0 Å². The Labute approximate surface area is 198 Å². The summed E-state index contributed by atoms with van der Waals surface area (Å²) in [6.45, 7) is 4.06. The molecule has 174 valence electrons. The number of nitrogens with one attached hydrogen (secondary N) is 1. The van der Waals surface area contributed by atoms with E-state index < -0.39 is 10.0 Å². The van der Waals surface area contributed by atoms with Gasteiger partial charge in [-0.05, 0) is 31.2 Å². The maximum absolute atomic E-state index is 13.0. The number of sulfonamides is 1. The molecule has 0 radical (unpaired) electrons. The van der Waals surface area contributed by atoms with Crippen molar-refractivity contribution < 1.29 is 13.2 Å². The number of carbonyl (C=O) groups excluding carboxylic acids is 1. The first-order valence-corrected chi connectivity index (χ1v) is 13.7. The second kappa shape index (κ2) is 10.1. The van der Waals surface area contributed by atoms with Crippen molar-refractivity contribution in [3.8, 4) is 11.3 Å². The van der Waals surface area contributed by atoms with Crippen molar-refractivity contribution in [1.29, 1.82) is 0 Å². The Morgan fingerprint density at radius 2 is 1.91 bits per heavy atom. The smallest absolute Gasteiger partial charge is 0.237 e. The van der Waals surface area contributed by atoms with Crippen LogP contribution in [0.2, 0.25) is 0 Å². The van der Waals surface area contributed by atoms with E-state index in [4.69, 9.17) is 0 Å². The SMILES string of the molecule is CCCc1cncc(-c2ccc(CC(=O)C(CC)c3csc(NS(=O)(=O)C4CC4)n3)cc2)n1. The Hall–Kier alpha value is -2.65. The van der Waals surface area contributed by atoms with E-state index in [0.29, 0.717) is 36.5 Å². The van der Waals surface area contributed by atoms with Crippen LogP contribution in [0.1, 0.15) is 62.4 Å². The third-order valence-electron chi connectivity index (χ3n) is 5.69. The second-order valence-electron chi connectivity index (χ2n) is 8.37. The predicted molar refractivity (Wildman–Crippen MR) is 131 cm³/mol. The van der Waals surface area contributed by atoms with Gasteiger partial charge in [0.25, 0.3) is 0 Å². The minimum Gasteiger partial charge on any atom is -0.299 e. The largest absolute Gasteiger partial charge is 0.299 e. The highest BCUT2D eigenvalue weighted by atomic mass is 32.2. The fourth-order valence-electron chi connectivity index (χ4n) is 3.72. The van der Waals surface area contributed by atoms with E-state index in [1.54, 1.807) is 17.8 Å². The van der Waals surface area contributed by atoms with Crippen molar-refractivity contribution in [3.05, 3.63) is 59.0 Å². The molecule has 1 atom stereocenters. The van der Waals surface area contributed by atoms with Gasteiger partial charge in [0.05, 0.1) is 34.4 Å². The first-order chi connectivity index (χ1) is 15.9. The third-order valence-corrected chi connectivity index (χ3v) is 8.42.